The van der Waals surface area contributed by atoms with Gasteiger partial charge in [0.2, 0.25) is 0 Å². The maximum Gasteiger partial charge on any atom is 0.323 e. The van der Waals surface area contributed by atoms with Gasteiger partial charge in [0.25, 0.3) is 20.2 Å². The first-order valence-corrected chi connectivity index (χ1v) is 12.6. The molecular weight excluding hydrogens is 480 g/mol. The van der Waals surface area contributed by atoms with Crippen molar-refractivity contribution in [3.05, 3.63) is 90.0 Å². The fourth-order valence-corrected chi connectivity index (χ4v) is 5.65. The van der Waals surface area contributed by atoms with Crippen LogP contribution >= 0.6 is 0 Å². The minimum atomic E-state index is -4.60. The first-order chi connectivity index (χ1) is 16.0. The molecule has 34 heavy (non-hydrogen) atoms. The zero-order chi connectivity index (χ0) is 24.9. The summed E-state index contributed by atoms with van der Waals surface area (Å²) in [5, 5.41) is 17.7. The molecule has 0 bridgehead atoms. The molecule has 0 aromatic heterocycles. The van der Waals surface area contributed by atoms with E-state index in [-0.39, 0.29) is 20.1 Å². The van der Waals surface area contributed by atoms with Crippen molar-refractivity contribution in [3.63, 3.8) is 0 Å². The van der Waals surface area contributed by atoms with E-state index in [4.69, 9.17) is 16.3 Å². The van der Waals surface area contributed by atoms with Crippen molar-refractivity contribution in [2.75, 3.05) is 10.6 Å². The fraction of sp³-hybridized carbons (Fsp3) is 0.0476. The molecule has 11 nitrogen and oxygen atoms in total. The van der Waals surface area contributed by atoms with Crippen LogP contribution in [0, 0.1) is 5.41 Å². The molecular formula is C21H22N6O5S2. The highest BCUT2D eigenvalue weighted by atomic mass is 32.3. The van der Waals surface area contributed by atoms with Crippen molar-refractivity contribution in [3.8, 4) is 0 Å². The van der Waals surface area contributed by atoms with Crippen LogP contribution in [-0.2, 0) is 26.8 Å². The van der Waals surface area contributed by atoms with Crippen LogP contribution in [0.25, 0.3) is 0 Å². The van der Waals surface area contributed by atoms with E-state index in [0.29, 0.717) is 16.8 Å². The normalized spacial score (nSPS) is 11.7. The van der Waals surface area contributed by atoms with E-state index in [2.05, 4.69) is 10.6 Å². The molecule has 0 saturated carbocycles. The maximum absolute atomic E-state index is 13.0. The van der Waals surface area contributed by atoms with Gasteiger partial charge in [0.05, 0.1) is 11.4 Å². The second kappa shape index (κ2) is 10.0. The topological polar surface area (TPSA) is 189 Å². The molecule has 0 spiro atoms. The number of nitrogen functional groups attached to an aromatic ring is 1. The molecule has 0 aliphatic rings. The second-order valence-electron chi connectivity index (χ2n) is 7.06. The average Bonchev–Trinajstić information content (AvgIpc) is 2.78. The average molecular weight is 503 g/mol. The predicted octanol–water partition coefficient (Wildman–Crippen LogP) is 2.01. The van der Waals surface area contributed by atoms with Crippen LogP contribution in [-0.4, -0.2) is 32.4 Å². The highest BCUT2D eigenvalue weighted by molar-refractivity contribution is 8.03. The summed E-state index contributed by atoms with van der Waals surface area (Å²) in [4.78, 5) is 11.9. The first kappa shape index (κ1) is 24.9. The van der Waals surface area contributed by atoms with Crippen LogP contribution in [0.3, 0.4) is 0 Å². The molecule has 178 valence electrons. The number of benzene rings is 3. The van der Waals surface area contributed by atoms with Gasteiger partial charge in [0.1, 0.15) is 5.84 Å². The lowest BCUT2D eigenvalue weighted by atomic mass is 10.2. The summed E-state index contributed by atoms with van der Waals surface area (Å²) in [7, 11) is -9.10. The third-order valence-corrected chi connectivity index (χ3v) is 7.99. The Morgan fingerprint density at radius 2 is 1.47 bits per heavy atom. The van der Waals surface area contributed by atoms with Gasteiger partial charge in [0, 0.05) is 16.9 Å². The number of carbonyl (C=O) groups excluding carboxylic acids is 1. The molecule has 0 radical (unpaired) electrons. The van der Waals surface area contributed by atoms with Crippen LogP contribution in [0.15, 0.2) is 83.8 Å². The van der Waals surface area contributed by atoms with Gasteiger partial charge in [0.15, 0.2) is 0 Å². The molecule has 3 rings (SSSR count). The molecule has 0 aliphatic heterocycles. The van der Waals surface area contributed by atoms with Crippen molar-refractivity contribution in [1.29, 1.82) is 5.41 Å². The summed E-state index contributed by atoms with van der Waals surface area (Å²) in [6.07, 6.45) is 0. The number of nitrogens with one attached hydrogen (secondary N) is 3. The Bertz CT molecular complexity index is 1410. The summed E-state index contributed by atoms with van der Waals surface area (Å²) in [6.45, 7) is -0.469. The molecule has 3 aromatic rings. The third kappa shape index (κ3) is 6.17. The number of rotatable bonds is 8. The molecule has 7 N–H and O–H groups in total. The minimum Gasteiger partial charge on any atom is -0.384 e. The molecule has 0 unspecified atom stereocenters. The standard InChI is InChI=1S/C21H22N6O5S2/c22-20(23)16-7-4-8-18(13-16)26-21(28)25-17-9-11-19(12-10-17)33(29,30)27(34(24,31)32)14-15-5-2-1-3-6-15/h1-13H,14H2,(H3,22,23)(H2,24,31,32)(H2,25,26,28). The van der Waals surface area contributed by atoms with Gasteiger partial charge < -0.3 is 16.4 Å². The molecule has 0 heterocycles. The number of amidine groups is 1. The third-order valence-electron chi connectivity index (χ3n) is 4.55. The van der Waals surface area contributed by atoms with Gasteiger partial charge in [-0.3, -0.25) is 5.41 Å². The number of hydrogen-bond acceptors (Lipinski definition) is 6. The number of anilines is 2. The Hall–Kier alpha value is -3.78. The van der Waals surface area contributed by atoms with E-state index in [1.54, 1.807) is 48.5 Å². The van der Waals surface area contributed by atoms with E-state index in [1.807, 2.05) is 0 Å². The van der Waals surface area contributed by atoms with E-state index in [0.717, 1.165) is 12.1 Å². The lowest BCUT2D eigenvalue weighted by molar-refractivity contribution is 0.262. The number of carbonyl (C=O) groups is 1. The SMILES string of the molecule is N=C(N)c1cccc(NC(=O)Nc2ccc(S(=O)(=O)N(Cc3ccccc3)S(N)(=O)=O)cc2)c1. The summed E-state index contributed by atoms with van der Waals surface area (Å²) < 4.78 is 50.3. The summed E-state index contributed by atoms with van der Waals surface area (Å²) in [5.74, 6) is -0.151. The highest BCUT2D eigenvalue weighted by Gasteiger charge is 2.33. The van der Waals surface area contributed by atoms with E-state index in [1.165, 1.54) is 18.2 Å². The molecule has 3 aromatic carbocycles. The number of hydrogen-bond donors (Lipinski definition) is 5. The van der Waals surface area contributed by atoms with E-state index >= 15 is 0 Å². The Morgan fingerprint density at radius 1 is 0.853 bits per heavy atom. The zero-order valence-electron chi connectivity index (χ0n) is 17.7. The van der Waals surface area contributed by atoms with Gasteiger partial charge >= 0.3 is 6.03 Å². The Kier molecular flexibility index (Phi) is 7.32. The molecule has 13 heteroatoms. The van der Waals surface area contributed by atoms with Gasteiger partial charge in [-0.1, -0.05) is 46.2 Å². The largest absolute Gasteiger partial charge is 0.384 e. The van der Waals surface area contributed by atoms with Gasteiger partial charge in [-0.25, -0.2) is 18.4 Å². The zero-order valence-corrected chi connectivity index (χ0v) is 19.3. The summed E-state index contributed by atoms with van der Waals surface area (Å²) >= 11 is 0. The smallest absolute Gasteiger partial charge is 0.323 e. The quantitative estimate of drug-likeness (QED) is 0.231. The van der Waals surface area contributed by atoms with Crippen molar-refractivity contribution in [2.24, 2.45) is 10.9 Å². The first-order valence-electron chi connectivity index (χ1n) is 9.69. The van der Waals surface area contributed by atoms with Crippen LogP contribution in [0.5, 0.6) is 0 Å². The maximum atomic E-state index is 13.0. The van der Waals surface area contributed by atoms with Crippen LogP contribution < -0.4 is 21.5 Å². The lowest BCUT2D eigenvalue weighted by Gasteiger charge is -2.19. The monoisotopic (exact) mass is 502 g/mol. The van der Waals surface area contributed by atoms with Gasteiger partial charge in [-0.2, -0.15) is 8.42 Å². The minimum absolute atomic E-state index is 0.151. The number of amides is 2. The Balaban J connectivity index is 1.76. The second-order valence-corrected chi connectivity index (χ2v) is 10.6. The number of sulfonamides is 1. The van der Waals surface area contributed by atoms with Crippen LogP contribution in [0.2, 0.25) is 0 Å². The van der Waals surface area contributed by atoms with E-state index < -0.39 is 32.8 Å². The van der Waals surface area contributed by atoms with Crippen molar-refractivity contribution in [1.82, 2.24) is 3.71 Å². The van der Waals surface area contributed by atoms with Gasteiger partial charge in [-0.15, -0.1) is 0 Å². The summed E-state index contributed by atoms with van der Waals surface area (Å²) in [5.41, 5.74) is 6.95. The number of urea groups is 1. The highest BCUT2D eigenvalue weighted by Crippen LogP contribution is 2.22. The van der Waals surface area contributed by atoms with Crippen LogP contribution in [0.4, 0.5) is 16.2 Å². The molecule has 2 amide bonds. The molecule has 0 aliphatic carbocycles. The fourth-order valence-electron chi connectivity index (χ4n) is 2.93. The lowest BCUT2D eigenvalue weighted by Crippen LogP contribution is -2.40. The number of nitrogens with zero attached hydrogens (tertiary/aromatic N) is 1. The van der Waals surface area contributed by atoms with Gasteiger partial charge in [-0.05, 0) is 42.0 Å². The number of nitrogens with two attached hydrogens (primary N) is 2. The molecule has 0 saturated heterocycles. The predicted molar refractivity (Wildman–Crippen MR) is 129 cm³/mol. The van der Waals surface area contributed by atoms with Crippen molar-refractivity contribution in [2.45, 2.75) is 11.4 Å². The van der Waals surface area contributed by atoms with Crippen molar-refractivity contribution >= 4 is 43.5 Å². The molecule has 0 atom stereocenters. The van der Waals surface area contributed by atoms with E-state index in [9.17, 15) is 21.6 Å². The Morgan fingerprint density at radius 3 is 2.06 bits per heavy atom. The Labute approximate surface area is 197 Å². The molecule has 0 fully saturated rings. The van der Waals surface area contributed by atoms with Crippen molar-refractivity contribution < 1.29 is 21.6 Å². The van der Waals surface area contributed by atoms with Crippen LogP contribution in [0.1, 0.15) is 11.1 Å². The summed E-state index contributed by atoms with van der Waals surface area (Å²) in [6, 6.07) is 18.8.